The van der Waals surface area contributed by atoms with E-state index in [0.29, 0.717) is 5.02 Å². The summed E-state index contributed by atoms with van der Waals surface area (Å²) in [5.41, 5.74) is 0.537. The third-order valence-corrected chi connectivity index (χ3v) is 3.42. The number of hydrogen-bond donors (Lipinski definition) is 1. The third kappa shape index (κ3) is 3.77. The molecule has 2 rings (SSSR count). The van der Waals surface area contributed by atoms with E-state index >= 15 is 0 Å². The Morgan fingerprint density at radius 3 is 2.45 bits per heavy atom. The molecule has 2 aromatic carbocycles. The molecule has 0 aliphatic carbocycles. The van der Waals surface area contributed by atoms with Gasteiger partial charge in [-0.3, -0.25) is 4.79 Å². The highest BCUT2D eigenvalue weighted by atomic mass is 79.9. The summed E-state index contributed by atoms with van der Waals surface area (Å²) in [5.74, 6) is -1.79. The van der Waals surface area contributed by atoms with Gasteiger partial charge in [-0.2, -0.15) is 0 Å². The van der Waals surface area contributed by atoms with Gasteiger partial charge in [0.25, 0.3) is 0 Å². The van der Waals surface area contributed by atoms with Crippen molar-refractivity contribution in [2.45, 2.75) is 6.42 Å². The number of amides is 1. The maximum Gasteiger partial charge on any atom is 0.228 e. The van der Waals surface area contributed by atoms with Crippen LogP contribution in [-0.2, 0) is 11.2 Å². The van der Waals surface area contributed by atoms with E-state index in [-0.39, 0.29) is 16.6 Å². The van der Waals surface area contributed by atoms with Gasteiger partial charge in [-0.25, -0.2) is 8.78 Å². The van der Waals surface area contributed by atoms with Gasteiger partial charge in [0.05, 0.1) is 16.6 Å². The van der Waals surface area contributed by atoms with Crippen LogP contribution in [0.1, 0.15) is 5.56 Å². The minimum Gasteiger partial charge on any atom is -0.323 e. The Kier molecular flexibility index (Phi) is 4.73. The van der Waals surface area contributed by atoms with Gasteiger partial charge >= 0.3 is 0 Å². The Bertz CT molecular complexity index is 646. The summed E-state index contributed by atoms with van der Waals surface area (Å²) in [6, 6.07) is 8.60. The number of carbonyl (C=O) groups is 1. The van der Waals surface area contributed by atoms with E-state index in [1.54, 1.807) is 24.3 Å². The van der Waals surface area contributed by atoms with Gasteiger partial charge in [-0.05, 0) is 39.7 Å². The van der Waals surface area contributed by atoms with Crippen LogP contribution in [0, 0.1) is 11.6 Å². The highest BCUT2D eigenvalue weighted by Gasteiger charge is 2.11. The molecular formula is C14H9BrClF2NO. The zero-order valence-electron chi connectivity index (χ0n) is 10.1. The van der Waals surface area contributed by atoms with E-state index in [1.165, 1.54) is 0 Å². The molecule has 0 spiro atoms. The van der Waals surface area contributed by atoms with Gasteiger partial charge in [0.15, 0.2) is 0 Å². The summed E-state index contributed by atoms with van der Waals surface area (Å²) in [6.07, 6.45) is 0.0499. The van der Waals surface area contributed by atoms with Crippen molar-refractivity contribution in [3.8, 4) is 0 Å². The van der Waals surface area contributed by atoms with Crippen LogP contribution in [0.4, 0.5) is 14.5 Å². The first-order chi connectivity index (χ1) is 9.45. The van der Waals surface area contributed by atoms with Crippen LogP contribution in [0.25, 0.3) is 0 Å². The quantitative estimate of drug-likeness (QED) is 0.799. The van der Waals surface area contributed by atoms with E-state index in [1.807, 2.05) is 0 Å². The number of benzene rings is 2. The molecule has 1 amide bonds. The van der Waals surface area contributed by atoms with Gasteiger partial charge in [0.1, 0.15) is 11.6 Å². The molecule has 6 heteroatoms. The lowest BCUT2D eigenvalue weighted by molar-refractivity contribution is -0.115. The molecule has 0 unspecified atom stereocenters. The molecule has 2 aromatic rings. The van der Waals surface area contributed by atoms with Crippen molar-refractivity contribution in [2.75, 3.05) is 5.32 Å². The minimum atomic E-state index is -0.706. The molecule has 0 fully saturated rings. The smallest absolute Gasteiger partial charge is 0.228 e. The third-order valence-electron chi connectivity index (χ3n) is 2.56. The van der Waals surface area contributed by atoms with E-state index in [4.69, 9.17) is 11.6 Å². The van der Waals surface area contributed by atoms with Crippen molar-refractivity contribution in [2.24, 2.45) is 0 Å². The Labute approximate surface area is 127 Å². The number of hydrogen-bond acceptors (Lipinski definition) is 1. The number of halogens is 4. The molecule has 0 aliphatic heterocycles. The summed E-state index contributed by atoms with van der Waals surface area (Å²) in [6.45, 7) is 0. The Morgan fingerprint density at radius 1 is 1.15 bits per heavy atom. The molecule has 104 valence electrons. The summed E-state index contributed by atoms with van der Waals surface area (Å²) in [7, 11) is 0. The van der Waals surface area contributed by atoms with Crippen LogP contribution in [0.5, 0.6) is 0 Å². The van der Waals surface area contributed by atoms with Gasteiger partial charge in [0, 0.05) is 11.1 Å². The van der Waals surface area contributed by atoms with Crippen molar-refractivity contribution < 1.29 is 13.6 Å². The lowest BCUT2D eigenvalue weighted by atomic mass is 10.1. The number of rotatable bonds is 3. The van der Waals surface area contributed by atoms with E-state index in [0.717, 1.165) is 17.7 Å². The number of carbonyl (C=O) groups excluding carboxylic acids is 1. The zero-order valence-corrected chi connectivity index (χ0v) is 12.4. The highest BCUT2D eigenvalue weighted by Crippen LogP contribution is 2.23. The molecule has 0 heterocycles. The highest BCUT2D eigenvalue weighted by molar-refractivity contribution is 9.10. The minimum absolute atomic E-state index is 0.00528. The van der Waals surface area contributed by atoms with E-state index < -0.39 is 17.5 Å². The normalized spacial score (nSPS) is 10.4. The molecule has 0 saturated carbocycles. The molecule has 20 heavy (non-hydrogen) atoms. The molecule has 0 aliphatic rings. The van der Waals surface area contributed by atoms with Gasteiger partial charge in [-0.1, -0.05) is 23.7 Å². The fourth-order valence-corrected chi connectivity index (χ4v) is 2.04. The summed E-state index contributed by atoms with van der Waals surface area (Å²) >= 11 is 8.60. The predicted molar refractivity (Wildman–Crippen MR) is 77.8 cm³/mol. The fourth-order valence-electron chi connectivity index (χ4n) is 1.60. The number of anilines is 1. The first-order valence-corrected chi connectivity index (χ1v) is 6.81. The van der Waals surface area contributed by atoms with Crippen molar-refractivity contribution in [3.05, 3.63) is 63.1 Å². The molecule has 0 bridgehead atoms. The second-order valence-electron chi connectivity index (χ2n) is 4.10. The molecule has 2 nitrogen and oxygen atoms in total. The largest absolute Gasteiger partial charge is 0.323 e. The van der Waals surface area contributed by atoms with Gasteiger partial charge < -0.3 is 5.32 Å². The maximum atomic E-state index is 13.6. The van der Waals surface area contributed by atoms with Crippen molar-refractivity contribution >= 4 is 39.1 Å². The van der Waals surface area contributed by atoms with Crippen LogP contribution < -0.4 is 5.32 Å². The first-order valence-electron chi connectivity index (χ1n) is 5.64. The molecule has 0 saturated heterocycles. The average molecular weight is 361 g/mol. The standard InChI is InChI=1S/C14H9BrClF2NO/c15-10-6-12(18)13(7-11(10)17)19-14(20)5-8-1-3-9(16)4-2-8/h1-4,6-7H,5H2,(H,19,20). The van der Waals surface area contributed by atoms with E-state index in [9.17, 15) is 13.6 Å². The van der Waals surface area contributed by atoms with Crippen LogP contribution >= 0.6 is 27.5 Å². The molecule has 0 atom stereocenters. The summed E-state index contributed by atoms with van der Waals surface area (Å²) < 4.78 is 26.9. The van der Waals surface area contributed by atoms with E-state index in [2.05, 4.69) is 21.2 Å². The average Bonchev–Trinajstić information content (AvgIpc) is 2.39. The maximum absolute atomic E-state index is 13.6. The Morgan fingerprint density at radius 2 is 1.80 bits per heavy atom. The van der Waals surface area contributed by atoms with Crippen LogP contribution in [0.2, 0.25) is 5.02 Å². The second kappa shape index (κ2) is 6.33. The number of nitrogens with one attached hydrogen (secondary N) is 1. The lowest BCUT2D eigenvalue weighted by Gasteiger charge is -2.07. The molecular weight excluding hydrogens is 352 g/mol. The van der Waals surface area contributed by atoms with Crippen LogP contribution in [-0.4, -0.2) is 5.91 Å². The topological polar surface area (TPSA) is 29.1 Å². The summed E-state index contributed by atoms with van der Waals surface area (Å²) in [5, 5.41) is 2.90. The van der Waals surface area contributed by atoms with Gasteiger partial charge in [-0.15, -0.1) is 0 Å². The fraction of sp³-hybridized carbons (Fsp3) is 0.0714. The van der Waals surface area contributed by atoms with Crippen LogP contribution in [0.15, 0.2) is 40.9 Å². The summed E-state index contributed by atoms with van der Waals surface area (Å²) in [4.78, 5) is 11.8. The lowest BCUT2D eigenvalue weighted by Crippen LogP contribution is -2.15. The van der Waals surface area contributed by atoms with Crippen molar-refractivity contribution in [1.29, 1.82) is 0 Å². The molecule has 0 radical (unpaired) electrons. The molecule has 1 N–H and O–H groups in total. The predicted octanol–water partition coefficient (Wildman–Crippen LogP) is 4.56. The van der Waals surface area contributed by atoms with Crippen LogP contribution in [0.3, 0.4) is 0 Å². The zero-order chi connectivity index (χ0) is 14.7. The van der Waals surface area contributed by atoms with Crippen molar-refractivity contribution in [3.63, 3.8) is 0 Å². The van der Waals surface area contributed by atoms with Crippen molar-refractivity contribution in [1.82, 2.24) is 0 Å². The Hall–Kier alpha value is -1.46. The SMILES string of the molecule is O=C(Cc1ccc(Cl)cc1)Nc1cc(F)c(Br)cc1F. The monoisotopic (exact) mass is 359 g/mol. The molecule has 0 aromatic heterocycles. The first kappa shape index (κ1) is 14.9. The second-order valence-corrected chi connectivity index (χ2v) is 5.39. The van der Waals surface area contributed by atoms with Gasteiger partial charge in [0.2, 0.25) is 5.91 Å². The Balaban J connectivity index is 2.08.